The minimum atomic E-state index is -0.439. The average Bonchev–Trinajstić information content (AvgIpc) is 3.15. The van der Waals surface area contributed by atoms with Crippen LogP contribution < -0.4 is 10.6 Å². The van der Waals surface area contributed by atoms with Crippen LogP contribution in [0.15, 0.2) is 11.4 Å². The number of amides is 3. The van der Waals surface area contributed by atoms with E-state index in [9.17, 15) is 9.59 Å². The lowest BCUT2D eigenvalue weighted by Gasteiger charge is -2.35. The lowest BCUT2D eigenvalue weighted by Crippen LogP contribution is -2.46. The zero-order chi connectivity index (χ0) is 14.1. The summed E-state index contributed by atoms with van der Waals surface area (Å²) in [5.41, 5.74) is 1.40. The molecule has 0 saturated heterocycles. The molecular formula is C14H19N3O2S. The van der Waals surface area contributed by atoms with Gasteiger partial charge < -0.3 is 5.32 Å². The van der Waals surface area contributed by atoms with Crippen LogP contribution in [0.25, 0.3) is 0 Å². The van der Waals surface area contributed by atoms with Crippen LogP contribution >= 0.6 is 11.3 Å². The van der Waals surface area contributed by atoms with Crippen LogP contribution in [-0.2, 0) is 11.2 Å². The molecule has 2 N–H and O–H groups in total. The molecule has 1 aliphatic carbocycles. The summed E-state index contributed by atoms with van der Waals surface area (Å²) < 4.78 is 0. The first kappa shape index (κ1) is 13.6. The maximum atomic E-state index is 11.9. The number of nitrogens with zero attached hydrogens (tertiary/aromatic N) is 1. The average molecular weight is 293 g/mol. The van der Waals surface area contributed by atoms with Crippen molar-refractivity contribution in [2.75, 3.05) is 20.1 Å². The number of carbonyl (C=O) groups excluding carboxylic acids is 2. The Balaban J connectivity index is 1.70. The van der Waals surface area contributed by atoms with E-state index in [-0.39, 0.29) is 5.91 Å². The summed E-state index contributed by atoms with van der Waals surface area (Å²) in [5.74, 6) is 0.449. The van der Waals surface area contributed by atoms with Crippen molar-refractivity contribution < 1.29 is 9.59 Å². The predicted octanol–water partition coefficient (Wildman–Crippen LogP) is 1.51. The largest absolute Gasteiger partial charge is 0.341 e. The number of hydrogen-bond donors (Lipinski definition) is 2. The fraction of sp³-hybridized carbons (Fsp3) is 0.571. The van der Waals surface area contributed by atoms with Gasteiger partial charge in [0.1, 0.15) is 0 Å². The van der Waals surface area contributed by atoms with Crippen molar-refractivity contribution in [3.05, 3.63) is 21.9 Å². The van der Waals surface area contributed by atoms with E-state index in [4.69, 9.17) is 0 Å². The maximum Gasteiger partial charge on any atom is 0.321 e. The van der Waals surface area contributed by atoms with E-state index in [1.807, 2.05) is 11.3 Å². The van der Waals surface area contributed by atoms with Crippen molar-refractivity contribution in [3.8, 4) is 0 Å². The molecule has 0 spiro atoms. The highest BCUT2D eigenvalue weighted by Gasteiger charge is 2.40. The molecule has 3 rings (SSSR count). The Bertz CT molecular complexity index is 524. The van der Waals surface area contributed by atoms with Gasteiger partial charge in [-0.05, 0) is 42.2 Å². The molecule has 1 aromatic rings. The first-order valence-corrected chi connectivity index (χ1v) is 7.89. The number of rotatable bonds is 3. The number of carbonyl (C=O) groups is 2. The standard InChI is InChI=1S/C14H19N3O2S/c1-15-14(19)16-12(18)8-17-6-4-11-10(5-7-20-11)13(17)9-2-3-9/h5,7,9,13H,2-4,6,8H2,1H3,(H2,15,16,18,19)/t13-/m0/s1. The minimum Gasteiger partial charge on any atom is -0.341 e. The Morgan fingerprint density at radius 2 is 2.25 bits per heavy atom. The molecule has 2 aliphatic rings. The number of urea groups is 1. The van der Waals surface area contributed by atoms with Crippen molar-refractivity contribution in [1.82, 2.24) is 15.5 Å². The second kappa shape index (κ2) is 5.54. The summed E-state index contributed by atoms with van der Waals surface area (Å²) in [7, 11) is 1.51. The zero-order valence-electron chi connectivity index (χ0n) is 11.5. The second-order valence-electron chi connectivity index (χ2n) is 5.43. The molecule has 2 heterocycles. The van der Waals surface area contributed by atoms with Gasteiger partial charge >= 0.3 is 6.03 Å². The molecule has 1 aromatic heterocycles. The van der Waals surface area contributed by atoms with Crippen LogP contribution in [0, 0.1) is 5.92 Å². The second-order valence-corrected chi connectivity index (χ2v) is 6.43. The molecule has 6 heteroatoms. The van der Waals surface area contributed by atoms with E-state index < -0.39 is 6.03 Å². The van der Waals surface area contributed by atoms with Crippen LogP contribution in [-0.4, -0.2) is 37.0 Å². The molecule has 0 aromatic carbocycles. The number of hydrogen-bond acceptors (Lipinski definition) is 4. The van der Waals surface area contributed by atoms with Crippen LogP contribution in [0.1, 0.15) is 29.3 Å². The quantitative estimate of drug-likeness (QED) is 0.888. The van der Waals surface area contributed by atoms with Gasteiger partial charge in [-0.25, -0.2) is 4.79 Å². The summed E-state index contributed by atoms with van der Waals surface area (Å²) in [6.07, 6.45) is 3.49. The van der Waals surface area contributed by atoms with Crippen molar-refractivity contribution >= 4 is 23.3 Å². The summed E-state index contributed by atoms with van der Waals surface area (Å²) in [6, 6.07) is 2.12. The third kappa shape index (κ3) is 2.71. The number of nitrogens with one attached hydrogen (secondary N) is 2. The van der Waals surface area contributed by atoms with Gasteiger partial charge in [-0.3, -0.25) is 15.0 Å². The fourth-order valence-corrected chi connectivity index (χ4v) is 3.87. The molecule has 1 fully saturated rings. The lowest BCUT2D eigenvalue weighted by atomic mass is 9.96. The monoisotopic (exact) mass is 293 g/mol. The van der Waals surface area contributed by atoms with Gasteiger partial charge in [0.15, 0.2) is 0 Å². The molecule has 1 atom stereocenters. The van der Waals surface area contributed by atoms with E-state index in [0.29, 0.717) is 18.5 Å². The van der Waals surface area contributed by atoms with Crippen molar-refractivity contribution in [2.45, 2.75) is 25.3 Å². The molecule has 3 amide bonds. The van der Waals surface area contributed by atoms with Gasteiger partial charge in [0.25, 0.3) is 0 Å². The smallest absolute Gasteiger partial charge is 0.321 e. The van der Waals surface area contributed by atoms with Gasteiger partial charge in [0, 0.05) is 24.5 Å². The number of thiophene rings is 1. The number of fused-ring (bicyclic) bond motifs is 1. The van der Waals surface area contributed by atoms with Crippen LogP contribution in [0.4, 0.5) is 4.79 Å². The Hall–Kier alpha value is -1.40. The summed E-state index contributed by atoms with van der Waals surface area (Å²) in [4.78, 5) is 26.8. The Morgan fingerprint density at radius 1 is 1.45 bits per heavy atom. The molecule has 5 nitrogen and oxygen atoms in total. The first-order valence-electron chi connectivity index (χ1n) is 7.01. The summed E-state index contributed by atoms with van der Waals surface area (Å²) >= 11 is 1.82. The predicted molar refractivity (Wildman–Crippen MR) is 77.7 cm³/mol. The van der Waals surface area contributed by atoms with E-state index >= 15 is 0 Å². The first-order chi connectivity index (χ1) is 9.69. The van der Waals surface area contributed by atoms with E-state index in [1.54, 1.807) is 0 Å². The Morgan fingerprint density at radius 3 is 2.95 bits per heavy atom. The molecule has 0 bridgehead atoms. The van der Waals surface area contributed by atoms with Gasteiger partial charge in [0.2, 0.25) is 5.91 Å². The van der Waals surface area contributed by atoms with Crippen LogP contribution in [0.5, 0.6) is 0 Å². The van der Waals surface area contributed by atoms with E-state index in [0.717, 1.165) is 13.0 Å². The zero-order valence-corrected chi connectivity index (χ0v) is 12.3. The van der Waals surface area contributed by atoms with Crippen LogP contribution in [0.2, 0.25) is 0 Å². The Labute approximate surface area is 122 Å². The molecule has 20 heavy (non-hydrogen) atoms. The molecule has 0 unspecified atom stereocenters. The normalized spacial score (nSPS) is 22.1. The third-order valence-corrected chi connectivity index (χ3v) is 5.01. The summed E-state index contributed by atoms with van der Waals surface area (Å²) in [5, 5.41) is 6.90. The third-order valence-electron chi connectivity index (χ3n) is 4.01. The highest BCUT2D eigenvalue weighted by Crippen LogP contribution is 2.48. The van der Waals surface area contributed by atoms with Gasteiger partial charge in [-0.2, -0.15) is 0 Å². The SMILES string of the molecule is CNC(=O)NC(=O)CN1CCc2sccc2[C@@H]1C1CC1. The molecule has 1 aliphatic heterocycles. The highest BCUT2D eigenvalue weighted by molar-refractivity contribution is 7.10. The molecule has 108 valence electrons. The maximum absolute atomic E-state index is 11.9. The van der Waals surface area contributed by atoms with Crippen molar-refractivity contribution in [1.29, 1.82) is 0 Å². The van der Waals surface area contributed by atoms with Crippen molar-refractivity contribution in [2.24, 2.45) is 5.92 Å². The van der Waals surface area contributed by atoms with E-state index in [1.165, 1.54) is 30.3 Å². The molecule has 1 saturated carbocycles. The summed E-state index contributed by atoms with van der Waals surface area (Å²) in [6.45, 7) is 1.19. The van der Waals surface area contributed by atoms with Gasteiger partial charge in [-0.1, -0.05) is 0 Å². The number of imide groups is 1. The topological polar surface area (TPSA) is 61.4 Å². The van der Waals surface area contributed by atoms with Gasteiger partial charge in [-0.15, -0.1) is 11.3 Å². The highest BCUT2D eigenvalue weighted by atomic mass is 32.1. The Kier molecular flexibility index (Phi) is 3.76. The van der Waals surface area contributed by atoms with E-state index in [2.05, 4.69) is 27.0 Å². The van der Waals surface area contributed by atoms with Gasteiger partial charge in [0.05, 0.1) is 6.54 Å². The molecule has 0 radical (unpaired) electrons. The molecular weight excluding hydrogens is 274 g/mol. The van der Waals surface area contributed by atoms with Crippen LogP contribution in [0.3, 0.4) is 0 Å². The lowest BCUT2D eigenvalue weighted by molar-refractivity contribution is -0.122. The minimum absolute atomic E-state index is 0.228. The van der Waals surface area contributed by atoms with Crippen molar-refractivity contribution in [3.63, 3.8) is 0 Å². The fourth-order valence-electron chi connectivity index (χ4n) is 2.95.